The van der Waals surface area contributed by atoms with E-state index in [4.69, 9.17) is 11.6 Å². The molecule has 5 nitrogen and oxygen atoms in total. The minimum atomic E-state index is -0.165. The average molecular weight is 349 g/mol. The van der Waals surface area contributed by atoms with Crippen molar-refractivity contribution in [1.29, 1.82) is 0 Å². The van der Waals surface area contributed by atoms with E-state index in [1.807, 2.05) is 29.2 Å². The fraction of sp³-hybridized carbons (Fsp3) is 0.611. The number of benzene rings is 1. The lowest BCUT2D eigenvalue weighted by molar-refractivity contribution is -0.135. The minimum Gasteiger partial charge on any atom is -0.341 e. The van der Waals surface area contributed by atoms with Crippen LogP contribution in [0.3, 0.4) is 0 Å². The van der Waals surface area contributed by atoms with Gasteiger partial charge >= 0.3 is 0 Å². The summed E-state index contributed by atoms with van der Waals surface area (Å²) < 4.78 is 0. The summed E-state index contributed by atoms with van der Waals surface area (Å²) in [6.07, 6.45) is 4.25. The zero-order chi connectivity index (χ0) is 16.6. The lowest BCUT2D eigenvalue weighted by atomic mass is 9.77. The molecule has 3 heterocycles. The van der Waals surface area contributed by atoms with E-state index in [2.05, 4.69) is 16.2 Å². The van der Waals surface area contributed by atoms with Gasteiger partial charge in [-0.3, -0.25) is 4.79 Å². The number of halogens is 1. The van der Waals surface area contributed by atoms with Crippen LogP contribution < -0.4 is 16.2 Å². The van der Waals surface area contributed by atoms with Crippen molar-refractivity contribution >= 4 is 17.5 Å². The van der Waals surface area contributed by atoms with Crippen LogP contribution in [-0.4, -0.2) is 43.0 Å². The van der Waals surface area contributed by atoms with Crippen molar-refractivity contribution in [3.05, 3.63) is 34.9 Å². The van der Waals surface area contributed by atoms with Crippen LogP contribution in [0, 0.1) is 5.41 Å². The van der Waals surface area contributed by atoms with Gasteiger partial charge in [-0.05, 0) is 49.3 Å². The van der Waals surface area contributed by atoms with Crippen molar-refractivity contribution in [2.24, 2.45) is 5.41 Å². The number of hydrazine groups is 1. The predicted molar refractivity (Wildman–Crippen MR) is 94.6 cm³/mol. The maximum Gasteiger partial charge on any atom is 0.241 e. The Balaban J connectivity index is 1.35. The summed E-state index contributed by atoms with van der Waals surface area (Å²) in [6.45, 7) is 4.01. The lowest BCUT2D eigenvalue weighted by Gasteiger charge is -2.39. The summed E-state index contributed by atoms with van der Waals surface area (Å²) >= 11 is 6.28. The molecule has 2 atom stereocenters. The smallest absolute Gasteiger partial charge is 0.241 e. The fourth-order valence-corrected chi connectivity index (χ4v) is 4.59. The summed E-state index contributed by atoms with van der Waals surface area (Å²) in [7, 11) is 0. The molecule has 0 radical (unpaired) electrons. The number of likely N-dealkylation sites (tertiary alicyclic amines) is 1. The van der Waals surface area contributed by atoms with Gasteiger partial charge in [0, 0.05) is 30.7 Å². The Morgan fingerprint density at radius 3 is 2.67 bits per heavy atom. The highest BCUT2D eigenvalue weighted by Crippen LogP contribution is 2.37. The molecular formula is C18H25ClN4O. The Morgan fingerprint density at radius 1 is 1.17 bits per heavy atom. The minimum absolute atomic E-state index is 0.0859. The topological polar surface area (TPSA) is 56.4 Å². The van der Waals surface area contributed by atoms with E-state index in [1.54, 1.807) is 0 Å². The van der Waals surface area contributed by atoms with E-state index < -0.39 is 0 Å². The van der Waals surface area contributed by atoms with Crippen LogP contribution >= 0.6 is 11.6 Å². The Kier molecular flexibility index (Phi) is 4.52. The first kappa shape index (κ1) is 16.3. The van der Waals surface area contributed by atoms with Gasteiger partial charge in [0.1, 0.15) is 6.04 Å². The molecule has 3 aliphatic rings. The van der Waals surface area contributed by atoms with Gasteiger partial charge in [-0.15, -0.1) is 0 Å². The van der Waals surface area contributed by atoms with Crippen molar-refractivity contribution < 1.29 is 4.79 Å². The largest absolute Gasteiger partial charge is 0.341 e. The molecule has 0 bridgehead atoms. The highest BCUT2D eigenvalue weighted by atomic mass is 35.5. The van der Waals surface area contributed by atoms with Crippen LogP contribution in [0.25, 0.3) is 0 Å². The molecule has 2 unspecified atom stereocenters. The van der Waals surface area contributed by atoms with Crippen LogP contribution in [-0.2, 0) is 4.79 Å². The van der Waals surface area contributed by atoms with E-state index in [1.165, 1.54) is 6.42 Å². The molecule has 3 saturated heterocycles. The Labute approximate surface area is 148 Å². The molecule has 1 aromatic carbocycles. The molecule has 3 aliphatic heterocycles. The van der Waals surface area contributed by atoms with Crippen molar-refractivity contribution in [2.45, 2.75) is 37.8 Å². The Hall–Kier alpha value is -1.14. The van der Waals surface area contributed by atoms with E-state index >= 15 is 0 Å². The third-order valence-electron chi connectivity index (χ3n) is 5.95. The van der Waals surface area contributed by atoms with Crippen LogP contribution in [0.15, 0.2) is 24.3 Å². The molecule has 24 heavy (non-hydrogen) atoms. The van der Waals surface area contributed by atoms with Crippen molar-refractivity contribution in [2.75, 3.05) is 26.2 Å². The molecule has 1 spiro atoms. The van der Waals surface area contributed by atoms with Crippen molar-refractivity contribution in [3.8, 4) is 0 Å². The number of hydrogen-bond acceptors (Lipinski definition) is 4. The van der Waals surface area contributed by atoms with Crippen LogP contribution in [0.5, 0.6) is 0 Å². The van der Waals surface area contributed by atoms with Gasteiger partial charge < -0.3 is 10.2 Å². The average Bonchev–Trinajstić information content (AvgIpc) is 3.26. The summed E-state index contributed by atoms with van der Waals surface area (Å²) in [5, 5.41) is 4.22. The van der Waals surface area contributed by atoms with E-state index in [-0.39, 0.29) is 18.0 Å². The molecule has 3 fully saturated rings. The molecule has 1 amide bonds. The summed E-state index contributed by atoms with van der Waals surface area (Å²) in [5.41, 5.74) is 7.91. The number of carbonyl (C=O) groups excluding carboxylic acids is 1. The first-order valence-electron chi connectivity index (χ1n) is 8.92. The second kappa shape index (κ2) is 6.64. The zero-order valence-electron chi connectivity index (χ0n) is 13.9. The molecule has 3 N–H and O–H groups in total. The van der Waals surface area contributed by atoms with Gasteiger partial charge in [0.25, 0.3) is 0 Å². The maximum absolute atomic E-state index is 12.8. The maximum atomic E-state index is 12.8. The third kappa shape index (κ3) is 3.06. The molecule has 4 rings (SSSR count). The van der Waals surface area contributed by atoms with E-state index in [9.17, 15) is 4.79 Å². The summed E-state index contributed by atoms with van der Waals surface area (Å²) in [5.74, 6) is 0.220. The highest BCUT2D eigenvalue weighted by Gasteiger charge is 2.40. The van der Waals surface area contributed by atoms with Gasteiger partial charge in [0.15, 0.2) is 0 Å². The molecule has 130 valence electrons. The quantitative estimate of drug-likeness (QED) is 0.763. The first-order chi connectivity index (χ1) is 11.7. The van der Waals surface area contributed by atoms with Gasteiger partial charge in [-0.25, -0.2) is 10.9 Å². The standard InChI is InChI=1S/C18H25ClN4O/c19-14-4-2-1-3-13(14)15-11-16(22-21-15)17(24)23-9-6-18(7-10-23)5-8-20-12-18/h1-4,15-16,20-22H,5-12H2. The number of nitrogens with one attached hydrogen (secondary N) is 3. The Morgan fingerprint density at radius 2 is 1.96 bits per heavy atom. The molecule has 6 heteroatoms. The molecule has 0 aliphatic carbocycles. The second-order valence-electron chi connectivity index (χ2n) is 7.40. The zero-order valence-corrected chi connectivity index (χ0v) is 14.6. The van der Waals surface area contributed by atoms with Crippen LogP contribution in [0.1, 0.15) is 37.3 Å². The monoisotopic (exact) mass is 348 g/mol. The van der Waals surface area contributed by atoms with Gasteiger partial charge in [0.2, 0.25) is 5.91 Å². The van der Waals surface area contributed by atoms with Gasteiger partial charge in [0.05, 0.1) is 0 Å². The highest BCUT2D eigenvalue weighted by molar-refractivity contribution is 6.31. The second-order valence-corrected chi connectivity index (χ2v) is 7.81. The number of piperidine rings is 1. The summed E-state index contributed by atoms with van der Waals surface area (Å²) in [6, 6.07) is 7.75. The normalized spacial score (nSPS) is 29.3. The van der Waals surface area contributed by atoms with Gasteiger partial charge in [-0.2, -0.15) is 0 Å². The van der Waals surface area contributed by atoms with Crippen LogP contribution in [0.4, 0.5) is 0 Å². The number of hydrogen-bond donors (Lipinski definition) is 3. The number of amides is 1. The van der Waals surface area contributed by atoms with Crippen molar-refractivity contribution in [3.63, 3.8) is 0 Å². The molecule has 0 aromatic heterocycles. The third-order valence-corrected chi connectivity index (χ3v) is 6.29. The number of nitrogens with zero attached hydrogens (tertiary/aromatic N) is 1. The number of carbonyl (C=O) groups is 1. The fourth-order valence-electron chi connectivity index (χ4n) is 4.32. The summed E-state index contributed by atoms with van der Waals surface area (Å²) in [4.78, 5) is 14.9. The lowest BCUT2D eigenvalue weighted by Crippen LogP contribution is -2.50. The molecule has 0 saturated carbocycles. The van der Waals surface area contributed by atoms with Crippen LogP contribution in [0.2, 0.25) is 5.02 Å². The van der Waals surface area contributed by atoms with E-state index in [0.29, 0.717) is 5.41 Å². The van der Waals surface area contributed by atoms with Crippen molar-refractivity contribution in [1.82, 2.24) is 21.1 Å². The first-order valence-corrected chi connectivity index (χ1v) is 9.30. The van der Waals surface area contributed by atoms with E-state index in [0.717, 1.165) is 56.0 Å². The Bertz CT molecular complexity index is 607. The molecule has 1 aromatic rings. The SMILES string of the molecule is O=C(C1CC(c2ccccc2Cl)NN1)N1CCC2(CCNC2)CC1. The molecular weight excluding hydrogens is 324 g/mol. The predicted octanol–water partition coefficient (Wildman–Crippen LogP) is 1.85. The van der Waals surface area contributed by atoms with Gasteiger partial charge in [-0.1, -0.05) is 29.8 Å². The number of rotatable bonds is 2.